The molecule has 2 saturated carbocycles. The first-order valence-electron chi connectivity index (χ1n) is 16.0. The van der Waals surface area contributed by atoms with Gasteiger partial charge < -0.3 is 14.7 Å². The number of ether oxygens (including phenoxy) is 1. The fraction of sp³-hybridized carbons (Fsp3) is 0.606. The number of benzene rings is 1. The van der Waals surface area contributed by atoms with Gasteiger partial charge in [0.15, 0.2) is 0 Å². The molecule has 0 bridgehead atoms. The average molecular weight is 638 g/mol. The van der Waals surface area contributed by atoms with E-state index in [4.69, 9.17) is 4.74 Å². The van der Waals surface area contributed by atoms with Gasteiger partial charge in [-0.25, -0.2) is 9.59 Å². The summed E-state index contributed by atoms with van der Waals surface area (Å²) in [6, 6.07) is 8.83. The minimum Gasteiger partial charge on any atom is -0.494 e. The molecule has 2 saturated heterocycles. The highest BCUT2D eigenvalue weighted by molar-refractivity contribution is 8.14. The van der Waals surface area contributed by atoms with Crippen molar-refractivity contribution < 1.29 is 19.4 Å². The number of thioether (sulfide) groups is 1. The monoisotopic (exact) mass is 637 g/mol. The number of carbonyl (C=O) groups excluding carboxylic acids is 2. The van der Waals surface area contributed by atoms with Crippen LogP contribution in [-0.4, -0.2) is 86.2 Å². The highest BCUT2D eigenvalue weighted by Crippen LogP contribution is 2.62. The van der Waals surface area contributed by atoms with Gasteiger partial charge in [0.25, 0.3) is 11.5 Å². The Morgan fingerprint density at radius 2 is 1.71 bits per heavy atom. The highest BCUT2D eigenvalue weighted by Gasteiger charge is 2.68. The second kappa shape index (κ2) is 12.4. The Morgan fingerprint density at radius 1 is 1.04 bits per heavy atom. The SMILES string of the molecule is CCSC(=NC)c1c(O)n(Cc2ccccc2)c(=O)n(C2CCC3(CC2)CC2(C3)C(=O)N(C)C(=O)N2CC2CCOCC2)c1=O. The van der Waals surface area contributed by atoms with E-state index in [-0.39, 0.29) is 41.4 Å². The number of imide groups is 1. The van der Waals surface area contributed by atoms with Crippen LogP contribution in [0.4, 0.5) is 4.79 Å². The van der Waals surface area contributed by atoms with Crippen LogP contribution in [-0.2, 0) is 16.1 Å². The first-order chi connectivity index (χ1) is 21.6. The number of rotatable bonds is 7. The van der Waals surface area contributed by atoms with Gasteiger partial charge in [-0.15, -0.1) is 11.8 Å². The van der Waals surface area contributed by atoms with Crippen molar-refractivity contribution in [1.29, 1.82) is 0 Å². The number of aromatic nitrogens is 2. The van der Waals surface area contributed by atoms with Crippen LogP contribution in [0.5, 0.6) is 5.88 Å². The lowest BCUT2D eigenvalue weighted by Gasteiger charge is -2.58. The molecule has 3 amide bonds. The van der Waals surface area contributed by atoms with Crippen LogP contribution in [0.2, 0.25) is 0 Å². The molecule has 2 aliphatic carbocycles. The van der Waals surface area contributed by atoms with Crippen molar-refractivity contribution in [2.45, 2.75) is 76.4 Å². The van der Waals surface area contributed by atoms with Crippen LogP contribution in [0.3, 0.4) is 0 Å². The number of carbonyl (C=O) groups is 2. The summed E-state index contributed by atoms with van der Waals surface area (Å²) in [5.74, 6) is 0.495. The van der Waals surface area contributed by atoms with E-state index in [1.54, 1.807) is 14.1 Å². The summed E-state index contributed by atoms with van der Waals surface area (Å²) >= 11 is 1.36. The van der Waals surface area contributed by atoms with E-state index in [0.717, 1.165) is 31.2 Å². The first-order valence-corrected chi connectivity index (χ1v) is 17.0. The van der Waals surface area contributed by atoms with Crippen molar-refractivity contribution in [3.63, 3.8) is 0 Å². The number of nitrogens with zero attached hydrogens (tertiary/aromatic N) is 5. The number of aromatic hydroxyl groups is 1. The number of aliphatic imine (C=N–C) groups is 1. The quantitative estimate of drug-likeness (QED) is 0.278. The van der Waals surface area contributed by atoms with Crippen molar-refractivity contribution in [3.8, 4) is 5.88 Å². The molecular weight excluding hydrogens is 594 g/mol. The average Bonchev–Trinajstić information content (AvgIpc) is 3.21. The second-order valence-electron chi connectivity index (χ2n) is 13.1. The van der Waals surface area contributed by atoms with Crippen molar-refractivity contribution >= 4 is 28.7 Å². The number of likely N-dealkylation sites (N-methyl/N-ethyl adjacent to an activating group) is 1. The van der Waals surface area contributed by atoms with Gasteiger partial charge in [0, 0.05) is 39.9 Å². The molecule has 12 heteroatoms. The Balaban J connectivity index is 1.26. The first kappa shape index (κ1) is 31.6. The van der Waals surface area contributed by atoms with Crippen molar-refractivity contribution in [2.24, 2.45) is 16.3 Å². The summed E-state index contributed by atoms with van der Waals surface area (Å²) in [6.07, 6.45) is 5.67. The molecule has 1 aromatic carbocycles. The fourth-order valence-electron chi connectivity index (χ4n) is 8.14. The summed E-state index contributed by atoms with van der Waals surface area (Å²) in [6.45, 7) is 4.01. The van der Waals surface area contributed by atoms with Gasteiger partial charge in [0.2, 0.25) is 5.88 Å². The zero-order chi connectivity index (χ0) is 31.9. The van der Waals surface area contributed by atoms with Gasteiger partial charge in [-0.05, 0) is 74.0 Å². The summed E-state index contributed by atoms with van der Waals surface area (Å²) < 4.78 is 8.12. The smallest absolute Gasteiger partial charge is 0.334 e. The molecule has 4 aliphatic rings. The maximum atomic E-state index is 14.0. The lowest BCUT2D eigenvalue weighted by molar-refractivity contribution is -0.150. The zero-order valence-electron chi connectivity index (χ0n) is 26.4. The molecule has 1 aromatic heterocycles. The predicted molar refractivity (Wildman–Crippen MR) is 173 cm³/mol. The lowest BCUT2D eigenvalue weighted by atomic mass is 9.51. The molecule has 0 atom stereocenters. The largest absolute Gasteiger partial charge is 0.494 e. The van der Waals surface area contributed by atoms with Crippen LogP contribution in [0.25, 0.3) is 0 Å². The van der Waals surface area contributed by atoms with E-state index < -0.39 is 16.8 Å². The molecule has 6 rings (SSSR count). The minimum atomic E-state index is -0.800. The summed E-state index contributed by atoms with van der Waals surface area (Å²) in [4.78, 5) is 62.1. The Hall–Kier alpha value is -3.38. The van der Waals surface area contributed by atoms with E-state index in [1.807, 2.05) is 42.2 Å². The molecule has 4 fully saturated rings. The fourth-order valence-corrected chi connectivity index (χ4v) is 8.86. The molecule has 1 N–H and O–H groups in total. The van der Waals surface area contributed by atoms with E-state index in [2.05, 4.69) is 4.99 Å². The molecule has 2 aliphatic heterocycles. The molecule has 2 aromatic rings. The van der Waals surface area contributed by atoms with Crippen LogP contribution in [0.15, 0.2) is 44.9 Å². The van der Waals surface area contributed by atoms with Crippen LogP contribution in [0, 0.1) is 11.3 Å². The minimum absolute atomic E-state index is 0.0598. The predicted octanol–water partition coefficient (Wildman–Crippen LogP) is 3.85. The summed E-state index contributed by atoms with van der Waals surface area (Å²) in [5.41, 5.74) is -1.08. The standard InChI is InChI=1S/C33H43N5O6S/c1-4-45-26(34-2)25-27(39)36(18-22-8-6-5-7-9-22)31(43)38(28(25)40)24-10-14-32(15-11-24)20-33(21-32)29(41)35(3)30(42)37(33)19-23-12-16-44-17-13-23/h5-9,23-24,39H,4,10-21H2,1-3H3. The molecule has 0 unspecified atom stereocenters. The van der Waals surface area contributed by atoms with Gasteiger partial charge in [-0.1, -0.05) is 37.3 Å². The Bertz CT molecular complexity index is 1600. The third-order valence-corrected chi connectivity index (χ3v) is 11.4. The van der Waals surface area contributed by atoms with Crippen LogP contribution < -0.4 is 11.2 Å². The van der Waals surface area contributed by atoms with Gasteiger partial charge in [-0.2, -0.15) is 0 Å². The number of hydrogen-bond donors (Lipinski definition) is 1. The molecule has 242 valence electrons. The van der Waals surface area contributed by atoms with Crippen LogP contribution in [0.1, 0.15) is 75.5 Å². The summed E-state index contributed by atoms with van der Waals surface area (Å²) in [5, 5.41) is 11.7. The molecule has 3 heterocycles. The number of amides is 3. The molecule has 2 spiro atoms. The topological polar surface area (TPSA) is 126 Å². The van der Waals surface area contributed by atoms with Crippen molar-refractivity contribution in [2.75, 3.05) is 39.6 Å². The third-order valence-electron chi connectivity index (χ3n) is 10.5. The second-order valence-corrected chi connectivity index (χ2v) is 14.4. The molecular formula is C33H43N5O6S. The Morgan fingerprint density at radius 3 is 2.33 bits per heavy atom. The highest BCUT2D eigenvalue weighted by atomic mass is 32.2. The normalized spacial score (nSPS) is 27.5. The zero-order valence-corrected chi connectivity index (χ0v) is 27.2. The van der Waals surface area contributed by atoms with Gasteiger partial charge in [0.05, 0.1) is 6.54 Å². The van der Waals surface area contributed by atoms with Crippen LogP contribution >= 0.6 is 11.8 Å². The molecule has 11 nitrogen and oxygen atoms in total. The maximum Gasteiger partial charge on any atom is 0.334 e. The van der Waals surface area contributed by atoms with E-state index in [0.29, 0.717) is 62.2 Å². The van der Waals surface area contributed by atoms with E-state index in [1.165, 1.54) is 25.8 Å². The number of hydrogen-bond acceptors (Lipinski definition) is 8. The lowest BCUT2D eigenvalue weighted by Crippen LogP contribution is -2.64. The Labute approximate surface area is 267 Å². The van der Waals surface area contributed by atoms with Gasteiger partial charge in [-0.3, -0.25) is 28.6 Å². The maximum absolute atomic E-state index is 14.0. The summed E-state index contributed by atoms with van der Waals surface area (Å²) in [7, 11) is 3.17. The third kappa shape index (κ3) is 5.43. The van der Waals surface area contributed by atoms with E-state index >= 15 is 0 Å². The molecule has 0 radical (unpaired) electrons. The van der Waals surface area contributed by atoms with E-state index in [9.17, 15) is 24.3 Å². The van der Waals surface area contributed by atoms with Gasteiger partial charge in [0.1, 0.15) is 16.1 Å². The van der Waals surface area contributed by atoms with Crippen molar-refractivity contribution in [3.05, 3.63) is 62.3 Å². The number of urea groups is 1. The Kier molecular flexibility index (Phi) is 8.73. The molecule has 45 heavy (non-hydrogen) atoms. The van der Waals surface area contributed by atoms with Gasteiger partial charge >= 0.3 is 11.7 Å². The van der Waals surface area contributed by atoms with Crippen molar-refractivity contribution in [1.82, 2.24) is 18.9 Å².